The first-order valence-electron chi connectivity index (χ1n) is 8.73. The van der Waals surface area contributed by atoms with Crippen molar-refractivity contribution in [3.8, 4) is 0 Å². The quantitative estimate of drug-likeness (QED) is 0.525. The van der Waals surface area contributed by atoms with Crippen LogP contribution in [0.15, 0.2) is 40.8 Å². The van der Waals surface area contributed by atoms with E-state index in [0.29, 0.717) is 21.4 Å². The molecule has 4 nitrogen and oxygen atoms in total. The van der Waals surface area contributed by atoms with E-state index in [-0.39, 0.29) is 23.5 Å². The summed E-state index contributed by atoms with van der Waals surface area (Å²) in [6.45, 7) is 3.51. The number of aliphatic carboxylic acids is 1. The molecule has 3 aromatic rings. The molecule has 0 saturated carbocycles. The van der Waals surface area contributed by atoms with Crippen molar-refractivity contribution >= 4 is 39.5 Å². The Kier molecular flexibility index (Phi) is 5.59. The summed E-state index contributed by atoms with van der Waals surface area (Å²) >= 11 is 5.99. The van der Waals surface area contributed by atoms with Crippen LogP contribution in [0.2, 0.25) is 5.02 Å². The van der Waals surface area contributed by atoms with E-state index in [4.69, 9.17) is 16.0 Å². The summed E-state index contributed by atoms with van der Waals surface area (Å²) in [5, 5.41) is 13.4. The molecular weight excluding hydrogens is 395 g/mol. The van der Waals surface area contributed by atoms with E-state index in [1.165, 1.54) is 18.2 Å². The molecule has 0 aliphatic rings. The van der Waals surface area contributed by atoms with E-state index in [1.807, 2.05) is 0 Å². The van der Waals surface area contributed by atoms with E-state index in [2.05, 4.69) is 5.32 Å². The number of fused-ring (bicyclic) bond motifs is 3. The van der Waals surface area contributed by atoms with Gasteiger partial charge in [0, 0.05) is 15.8 Å². The van der Waals surface area contributed by atoms with Crippen LogP contribution in [0.4, 0.5) is 13.2 Å². The summed E-state index contributed by atoms with van der Waals surface area (Å²) < 4.78 is 46.8. The molecule has 2 aromatic carbocycles. The van der Waals surface area contributed by atoms with Crippen LogP contribution in [-0.4, -0.2) is 23.3 Å². The van der Waals surface area contributed by atoms with Crippen molar-refractivity contribution in [1.82, 2.24) is 5.32 Å². The number of furan rings is 1. The van der Waals surface area contributed by atoms with Gasteiger partial charge in [0.15, 0.2) is 0 Å². The Labute approximate surface area is 164 Å². The van der Waals surface area contributed by atoms with Gasteiger partial charge in [-0.05, 0) is 42.2 Å². The molecule has 8 heteroatoms. The standard InChI is InChI=1S/C20H19ClF3NO3/c1-10(2)7-15(19(26)27)25-18(20(22,23)24)11-3-5-13-14-9-12(21)4-6-16(14)28-17(13)8-11/h3-6,8-10,15,18,25H,7H2,1-2H3,(H,26,27)/t15-,18?/m0/s1. The first-order chi connectivity index (χ1) is 13.1. The number of alkyl halides is 3. The van der Waals surface area contributed by atoms with Gasteiger partial charge in [-0.15, -0.1) is 0 Å². The normalized spacial score (nSPS) is 14.7. The minimum atomic E-state index is -4.67. The van der Waals surface area contributed by atoms with Gasteiger partial charge in [-0.1, -0.05) is 37.6 Å². The maximum Gasteiger partial charge on any atom is 0.407 e. The van der Waals surface area contributed by atoms with Gasteiger partial charge in [0.2, 0.25) is 0 Å². The number of benzene rings is 2. The molecule has 1 heterocycles. The second-order valence-corrected chi connectivity index (χ2v) is 7.60. The average Bonchev–Trinajstić information content (AvgIpc) is 2.93. The number of rotatable bonds is 6. The summed E-state index contributed by atoms with van der Waals surface area (Å²) in [6.07, 6.45) is -4.60. The van der Waals surface area contributed by atoms with Crippen molar-refractivity contribution in [1.29, 1.82) is 0 Å². The highest BCUT2D eigenvalue weighted by Crippen LogP contribution is 2.37. The van der Waals surface area contributed by atoms with Gasteiger partial charge < -0.3 is 9.52 Å². The molecule has 0 radical (unpaired) electrons. The summed E-state index contributed by atoms with van der Waals surface area (Å²) in [7, 11) is 0. The van der Waals surface area contributed by atoms with E-state index in [0.717, 1.165) is 0 Å². The number of carboxylic acid groups (broad SMARTS) is 1. The van der Waals surface area contributed by atoms with Crippen molar-refractivity contribution in [3.63, 3.8) is 0 Å². The van der Waals surface area contributed by atoms with Crippen molar-refractivity contribution in [2.24, 2.45) is 5.92 Å². The lowest BCUT2D eigenvalue weighted by Crippen LogP contribution is -2.45. The fourth-order valence-electron chi connectivity index (χ4n) is 3.24. The number of nitrogens with one attached hydrogen (secondary N) is 1. The summed E-state index contributed by atoms with van der Waals surface area (Å²) in [5.41, 5.74) is 0.679. The molecule has 3 rings (SSSR count). The summed E-state index contributed by atoms with van der Waals surface area (Å²) in [5.74, 6) is -1.40. The fourth-order valence-corrected chi connectivity index (χ4v) is 3.41. The highest BCUT2D eigenvalue weighted by molar-refractivity contribution is 6.31. The third-order valence-corrected chi connectivity index (χ3v) is 4.73. The molecule has 28 heavy (non-hydrogen) atoms. The number of carboxylic acids is 1. The van der Waals surface area contributed by atoms with Crippen LogP contribution >= 0.6 is 11.6 Å². The Morgan fingerprint density at radius 3 is 2.46 bits per heavy atom. The van der Waals surface area contributed by atoms with Crippen LogP contribution in [0.1, 0.15) is 31.9 Å². The zero-order chi connectivity index (χ0) is 20.6. The molecule has 0 spiro atoms. The molecule has 1 aromatic heterocycles. The van der Waals surface area contributed by atoms with E-state index < -0.39 is 24.2 Å². The van der Waals surface area contributed by atoms with Gasteiger partial charge in [0.25, 0.3) is 0 Å². The van der Waals surface area contributed by atoms with Gasteiger partial charge in [-0.2, -0.15) is 13.2 Å². The summed E-state index contributed by atoms with van der Waals surface area (Å²) in [4.78, 5) is 11.4. The molecule has 0 bridgehead atoms. The first kappa shape index (κ1) is 20.5. The van der Waals surface area contributed by atoms with Gasteiger partial charge in [-0.3, -0.25) is 10.1 Å². The fraction of sp³-hybridized carbons (Fsp3) is 0.350. The van der Waals surface area contributed by atoms with E-state index in [9.17, 15) is 23.1 Å². The van der Waals surface area contributed by atoms with Gasteiger partial charge in [0.1, 0.15) is 23.2 Å². The minimum Gasteiger partial charge on any atom is -0.480 e. The number of halogens is 4. The Morgan fingerprint density at radius 2 is 1.86 bits per heavy atom. The van der Waals surface area contributed by atoms with Crippen molar-refractivity contribution < 1.29 is 27.5 Å². The monoisotopic (exact) mass is 413 g/mol. The molecular formula is C20H19ClF3NO3. The van der Waals surface area contributed by atoms with E-state index in [1.54, 1.807) is 32.0 Å². The molecule has 2 N–H and O–H groups in total. The number of hydrogen-bond acceptors (Lipinski definition) is 3. The second kappa shape index (κ2) is 7.64. The van der Waals surface area contributed by atoms with Crippen molar-refractivity contribution in [2.45, 2.75) is 38.5 Å². The molecule has 150 valence electrons. The first-order valence-corrected chi connectivity index (χ1v) is 9.11. The molecule has 0 amide bonds. The Hall–Kier alpha value is -2.25. The van der Waals surface area contributed by atoms with Gasteiger partial charge >= 0.3 is 12.1 Å². The van der Waals surface area contributed by atoms with Crippen molar-refractivity contribution in [2.75, 3.05) is 0 Å². The molecule has 0 aliphatic heterocycles. The van der Waals surface area contributed by atoms with Crippen LogP contribution in [0.5, 0.6) is 0 Å². The van der Waals surface area contributed by atoms with Crippen LogP contribution in [-0.2, 0) is 4.79 Å². The zero-order valence-corrected chi connectivity index (χ0v) is 15.9. The number of hydrogen-bond donors (Lipinski definition) is 2. The lowest BCUT2D eigenvalue weighted by molar-refractivity contribution is -0.163. The molecule has 1 unspecified atom stereocenters. The minimum absolute atomic E-state index is 0.0767. The Bertz CT molecular complexity index is 1010. The second-order valence-electron chi connectivity index (χ2n) is 7.16. The zero-order valence-electron chi connectivity index (χ0n) is 15.2. The maximum atomic E-state index is 13.7. The third kappa shape index (κ3) is 4.25. The SMILES string of the molecule is CC(C)C[C@H](NC(c1ccc2c(c1)oc1ccc(Cl)cc12)C(F)(F)F)C(=O)O. The Morgan fingerprint density at radius 1 is 1.14 bits per heavy atom. The van der Waals surface area contributed by atoms with Crippen LogP contribution in [0.25, 0.3) is 21.9 Å². The summed E-state index contributed by atoms with van der Waals surface area (Å²) in [6, 6.07) is 5.68. The molecule has 2 atom stereocenters. The molecule has 0 aliphatic carbocycles. The van der Waals surface area contributed by atoms with Crippen molar-refractivity contribution in [3.05, 3.63) is 47.0 Å². The van der Waals surface area contributed by atoms with Crippen LogP contribution in [0.3, 0.4) is 0 Å². The highest BCUT2D eigenvalue weighted by atomic mass is 35.5. The predicted octanol–water partition coefficient (Wildman–Crippen LogP) is 5.93. The average molecular weight is 414 g/mol. The third-order valence-electron chi connectivity index (χ3n) is 4.49. The van der Waals surface area contributed by atoms with Crippen LogP contribution in [0, 0.1) is 5.92 Å². The van der Waals surface area contributed by atoms with Gasteiger partial charge in [-0.25, -0.2) is 0 Å². The van der Waals surface area contributed by atoms with Gasteiger partial charge in [0.05, 0.1) is 0 Å². The topological polar surface area (TPSA) is 62.5 Å². The predicted molar refractivity (Wildman–Crippen MR) is 102 cm³/mol. The number of carbonyl (C=O) groups is 1. The molecule has 0 fully saturated rings. The highest BCUT2D eigenvalue weighted by Gasteiger charge is 2.43. The largest absolute Gasteiger partial charge is 0.480 e. The smallest absolute Gasteiger partial charge is 0.407 e. The molecule has 0 saturated heterocycles. The van der Waals surface area contributed by atoms with E-state index >= 15 is 0 Å². The lowest BCUT2D eigenvalue weighted by atomic mass is 9.99. The maximum absolute atomic E-state index is 13.7. The Balaban J connectivity index is 2.03. The lowest BCUT2D eigenvalue weighted by Gasteiger charge is -2.26. The van der Waals surface area contributed by atoms with Crippen LogP contribution < -0.4 is 5.32 Å².